The lowest BCUT2D eigenvalue weighted by atomic mass is 10.2. The van der Waals surface area contributed by atoms with Crippen molar-refractivity contribution in [1.29, 1.82) is 0 Å². The molecular formula is C19H19Cl2N3O2S. The molecule has 0 aliphatic heterocycles. The van der Waals surface area contributed by atoms with Crippen LogP contribution in [0.1, 0.15) is 5.56 Å². The van der Waals surface area contributed by atoms with Gasteiger partial charge < -0.3 is 9.47 Å². The summed E-state index contributed by atoms with van der Waals surface area (Å²) in [6, 6.07) is 15.3. The summed E-state index contributed by atoms with van der Waals surface area (Å²) >= 11 is 13.6. The molecule has 2 aromatic carbocycles. The summed E-state index contributed by atoms with van der Waals surface area (Å²) in [6.45, 7) is 0.473. The molecule has 8 heteroatoms. The van der Waals surface area contributed by atoms with Gasteiger partial charge in [0.25, 0.3) is 0 Å². The third-order valence-electron chi connectivity index (χ3n) is 3.96. The molecule has 3 rings (SSSR count). The Morgan fingerprint density at radius 3 is 2.11 bits per heavy atom. The molecule has 0 amide bonds. The van der Waals surface area contributed by atoms with Gasteiger partial charge >= 0.3 is 0 Å². The van der Waals surface area contributed by atoms with E-state index < -0.39 is 6.29 Å². The second kappa shape index (κ2) is 9.57. The van der Waals surface area contributed by atoms with E-state index in [1.54, 1.807) is 26.0 Å². The first-order chi connectivity index (χ1) is 13.1. The van der Waals surface area contributed by atoms with E-state index in [2.05, 4.69) is 10.2 Å². The van der Waals surface area contributed by atoms with Crippen molar-refractivity contribution in [2.24, 2.45) is 0 Å². The number of hydrogen-bond donors (Lipinski definition) is 0. The Morgan fingerprint density at radius 2 is 1.52 bits per heavy atom. The van der Waals surface area contributed by atoms with Gasteiger partial charge in [-0.1, -0.05) is 47.1 Å². The molecule has 27 heavy (non-hydrogen) atoms. The van der Waals surface area contributed by atoms with E-state index in [-0.39, 0.29) is 0 Å². The molecule has 142 valence electrons. The van der Waals surface area contributed by atoms with Gasteiger partial charge in [-0.05, 0) is 42.0 Å². The molecule has 0 atom stereocenters. The summed E-state index contributed by atoms with van der Waals surface area (Å²) < 4.78 is 12.7. The van der Waals surface area contributed by atoms with Crippen LogP contribution < -0.4 is 0 Å². The summed E-state index contributed by atoms with van der Waals surface area (Å²) in [4.78, 5) is 0. The van der Waals surface area contributed by atoms with Gasteiger partial charge in [-0.25, -0.2) is 0 Å². The maximum absolute atomic E-state index is 6.01. The topological polar surface area (TPSA) is 49.2 Å². The third kappa shape index (κ3) is 5.24. The van der Waals surface area contributed by atoms with Crippen molar-refractivity contribution in [3.63, 3.8) is 0 Å². The Kier molecular flexibility index (Phi) is 7.15. The van der Waals surface area contributed by atoms with Crippen LogP contribution in [0.5, 0.6) is 0 Å². The number of benzene rings is 2. The highest BCUT2D eigenvalue weighted by Crippen LogP contribution is 2.28. The Bertz CT molecular complexity index is 866. The van der Waals surface area contributed by atoms with Crippen LogP contribution in [0.15, 0.2) is 53.7 Å². The highest BCUT2D eigenvalue weighted by atomic mass is 35.5. The lowest BCUT2D eigenvalue weighted by molar-refractivity contribution is -0.111. The lowest BCUT2D eigenvalue weighted by Crippen LogP contribution is -2.21. The summed E-state index contributed by atoms with van der Waals surface area (Å²) in [5.41, 5.74) is 2.08. The van der Waals surface area contributed by atoms with Crippen LogP contribution >= 0.6 is 35.0 Å². The second-order valence-electron chi connectivity index (χ2n) is 5.74. The Labute approximate surface area is 172 Å². The average molecular weight is 424 g/mol. The zero-order valence-electron chi connectivity index (χ0n) is 14.9. The molecule has 5 nitrogen and oxygen atoms in total. The highest BCUT2D eigenvalue weighted by Gasteiger charge is 2.18. The minimum atomic E-state index is -0.401. The zero-order valence-corrected chi connectivity index (χ0v) is 17.3. The number of halogens is 2. The van der Waals surface area contributed by atoms with Crippen molar-refractivity contribution in [3.05, 3.63) is 64.1 Å². The number of thioether (sulfide) groups is 1. The van der Waals surface area contributed by atoms with Gasteiger partial charge in [0, 0.05) is 35.6 Å². The molecule has 1 heterocycles. The van der Waals surface area contributed by atoms with Crippen molar-refractivity contribution in [2.75, 3.05) is 14.2 Å². The van der Waals surface area contributed by atoms with Crippen LogP contribution in [0, 0.1) is 0 Å². The maximum Gasteiger partial charge on any atom is 0.191 e. The van der Waals surface area contributed by atoms with Crippen molar-refractivity contribution in [2.45, 2.75) is 23.7 Å². The number of nitrogens with zero attached hydrogens (tertiary/aromatic N) is 3. The SMILES string of the molecule is COC(Cn1c(SCc2ccc(Cl)cc2)nnc1-c1ccc(Cl)cc1)OC. The van der Waals surface area contributed by atoms with E-state index >= 15 is 0 Å². The summed E-state index contributed by atoms with van der Waals surface area (Å²) in [5.74, 6) is 1.49. The van der Waals surface area contributed by atoms with E-state index in [0.29, 0.717) is 11.6 Å². The zero-order chi connectivity index (χ0) is 19.2. The van der Waals surface area contributed by atoms with Gasteiger partial charge in [-0.3, -0.25) is 4.57 Å². The molecule has 0 spiro atoms. The van der Waals surface area contributed by atoms with E-state index in [0.717, 1.165) is 32.9 Å². The van der Waals surface area contributed by atoms with E-state index in [9.17, 15) is 0 Å². The number of methoxy groups -OCH3 is 2. The first-order valence-electron chi connectivity index (χ1n) is 8.22. The fourth-order valence-electron chi connectivity index (χ4n) is 2.50. The minimum Gasteiger partial charge on any atom is -0.354 e. The first-order valence-corrected chi connectivity index (χ1v) is 9.97. The van der Waals surface area contributed by atoms with Gasteiger partial charge in [-0.15, -0.1) is 10.2 Å². The third-order valence-corrected chi connectivity index (χ3v) is 5.50. The van der Waals surface area contributed by atoms with Crippen LogP contribution in [0.4, 0.5) is 0 Å². The maximum atomic E-state index is 6.01. The molecule has 0 unspecified atom stereocenters. The number of ether oxygens (including phenoxy) is 2. The number of rotatable bonds is 8. The monoisotopic (exact) mass is 423 g/mol. The van der Waals surface area contributed by atoms with Crippen LogP contribution in [-0.4, -0.2) is 35.3 Å². The quantitative estimate of drug-likeness (QED) is 0.369. The van der Waals surface area contributed by atoms with Crippen LogP contribution in [0.25, 0.3) is 11.4 Å². The fraction of sp³-hybridized carbons (Fsp3) is 0.263. The Morgan fingerprint density at radius 1 is 0.926 bits per heavy atom. The van der Waals surface area contributed by atoms with E-state index in [1.807, 2.05) is 53.1 Å². The molecule has 0 saturated carbocycles. The molecule has 1 aromatic heterocycles. The number of hydrogen-bond acceptors (Lipinski definition) is 5. The summed E-state index contributed by atoms with van der Waals surface area (Å²) in [7, 11) is 3.22. The molecule has 0 radical (unpaired) electrons. The molecule has 0 N–H and O–H groups in total. The first kappa shape index (κ1) is 20.2. The molecular weight excluding hydrogens is 405 g/mol. The highest BCUT2D eigenvalue weighted by molar-refractivity contribution is 7.98. The fourth-order valence-corrected chi connectivity index (χ4v) is 3.65. The van der Waals surface area contributed by atoms with Gasteiger partial charge in [0.2, 0.25) is 0 Å². The van der Waals surface area contributed by atoms with Gasteiger partial charge in [0.05, 0.1) is 6.54 Å². The average Bonchev–Trinajstić information content (AvgIpc) is 3.08. The van der Waals surface area contributed by atoms with Crippen molar-refractivity contribution in [1.82, 2.24) is 14.8 Å². The second-order valence-corrected chi connectivity index (χ2v) is 7.56. The smallest absolute Gasteiger partial charge is 0.191 e. The molecule has 0 aliphatic carbocycles. The van der Waals surface area contributed by atoms with Crippen LogP contribution in [-0.2, 0) is 21.8 Å². The van der Waals surface area contributed by atoms with E-state index in [1.165, 1.54) is 0 Å². The molecule has 0 bridgehead atoms. The Hall–Kier alpha value is -1.57. The lowest BCUT2D eigenvalue weighted by Gasteiger charge is -2.17. The standard InChI is InChI=1S/C19H19Cl2N3O2S/c1-25-17(26-2)11-24-18(14-5-9-16(21)10-6-14)22-23-19(24)27-12-13-3-7-15(20)8-4-13/h3-10,17H,11-12H2,1-2H3. The predicted molar refractivity (Wildman–Crippen MR) is 109 cm³/mol. The molecule has 3 aromatic rings. The molecule has 0 aliphatic rings. The minimum absolute atomic E-state index is 0.401. The van der Waals surface area contributed by atoms with Crippen LogP contribution in [0.3, 0.4) is 0 Å². The van der Waals surface area contributed by atoms with E-state index in [4.69, 9.17) is 32.7 Å². The Balaban J connectivity index is 1.87. The largest absolute Gasteiger partial charge is 0.354 e. The van der Waals surface area contributed by atoms with Gasteiger partial charge in [-0.2, -0.15) is 0 Å². The van der Waals surface area contributed by atoms with Crippen molar-refractivity contribution >= 4 is 35.0 Å². The van der Waals surface area contributed by atoms with Gasteiger partial charge in [0.15, 0.2) is 17.3 Å². The van der Waals surface area contributed by atoms with Crippen LogP contribution in [0.2, 0.25) is 10.0 Å². The summed E-state index contributed by atoms with van der Waals surface area (Å²) in [5, 5.41) is 10.9. The molecule has 0 saturated heterocycles. The van der Waals surface area contributed by atoms with Crippen molar-refractivity contribution < 1.29 is 9.47 Å². The van der Waals surface area contributed by atoms with Gasteiger partial charge in [0.1, 0.15) is 0 Å². The number of aromatic nitrogens is 3. The predicted octanol–water partition coefficient (Wildman–Crippen LogP) is 5.16. The van der Waals surface area contributed by atoms with Crippen molar-refractivity contribution in [3.8, 4) is 11.4 Å². The summed E-state index contributed by atoms with van der Waals surface area (Å²) in [6.07, 6.45) is -0.401. The molecule has 0 fully saturated rings. The normalized spacial score (nSPS) is 11.3.